The number of rotatable bonds is 3. The zero-order chi connectivity index (χ0) is 16.4. The molecule has 3 aromatic carbocycles. The molecule has 3 nitrogen and oxygen atoms in total. The highest BCUT2D eigenvalue weighted by Gasteiger charge is 2.15. The summed E-state index contributed by atoms with van der Waals surface area (Å²) in [7, 11) is 1.53. The number of hydrogen-bond acceptors (Lipinski definition) is 2. The normalized spacial score (nSPS) is 10.6. The highest BCUT2D eigenvalue weighted by molar-refractivity contribution is 6.36. The van der Waals surface area contributed by atoms with Crippen LogP contribution in [-0.2, 0) is 0 Å². The molecule has 116 valence electrons. The van der Waals surface area contributed by atoms with Crippen molar-refractivity contribution >= 4 is 45.6 Å². The lowest BCUT2D eigenvalue weighted by molar-refractivity contribution is 0.102. The predicted molar refractivity (Wildman–Crippen MR) is 94.9 cm³/mol. The molecule has 0 aliphatic rings. The number of methoxy groups -OCH3 is 1. The van der Waals surface area contributed by atoms with Gasteiger partial charge in [0.15, 0.2) is 0 Å². The Balaban J connectivity index is 2.01. The van der Waals surface area contributed by atoms with Crippen LogP contribution in [0.3, 0.4) is 0 Å². The first-order chi connectivity index (χ1) is 11.1. The standard InChI is InChI=1S/C18H13Cl2NO2/c1-23-17-9-12-5-3-2-4-11(12)8-14(17)18(22)21-16-10-13(19)6-7-15(16)20/h2-10H,1H3,(H,21,22). The molecule has 0 spiro atoms. The van der Waals surface area contributed by atoms with Gasteiger partial charge in [0.05, 0.1) is 23.4 Å². The predicted octanol–water partition coefficient (Wildman–Crippen LogP) is 5.41. The second kappa shape index (κ2) is 6.49. The molecule has 1 N–H and O–H groups in total. The van der Waals surface area contributed by atoms with Gasteiger partial charge in [0.1, 0.15) is 5.75 Å². The summed E-state index contributed by atoms with van der Waals surface area (Å²) in [6.07, 6.45) is 0. The van der Waals surface area contributed by atoms with Gasteiger partial charge in [-0.05, 0) is 41.1 Å². The summed E-state index contributed by atoms with van der Waals surface area (Å²) in [4.78, 5) is 12.6. The van der Waals surface area contributed by atoms with Crippen LogP contribution < -0.4 is 10.1 Å². The van der Waals surface area contributed by atoms with Crippen molar-refractivity contribution in [2.24, 2.45) is 0 Å². The molecule has 0 saturated carbocycles. The topological polar surface area (TPSA) is 38.3 Å². The van der Waals surface area contributed by atoms with Crippen molar-refractivity contribution < 1.29 is 9.53 Å². The van der Waals surface area contributed by atoms with Crippen LogP contribution in [0.1, 0.15) is 10.4 Å². The molecule has 3 rings (SSSR count). The number of ether oxygens (including phenoxy) is 1. The van der Waals surface area contributed by atoms with E-state index in [9.17, 15) is 4.79 Å². The Morgan fingerprint density at radius 2 is 1.70 bits per heavy atom. The summed E-state index contributed by atoms with van der Waals surface area (Å²) in [6, 6.07) is 16.3. The van der Waals surface area contributed by atoms with Gasteiger partial charge in [-0.25, -0.2) is 0 Å². The highest BCUT2D eigenvalue weighted by Crippen LogP contribution is 2.29. The molecular weight excluding hydrogens is 333 g/mol. The Hall–Kier alpha value is -2.23. The number of carbonyl (C=O) groups is 1. The molecule has 0 fully saturated rings. The van der Waals surface area contributed by atoms with Crippen LogP contribution in [0.25, 0.3) is 10.8 Å². The SMILES string of the molecule is COc1cc2ccccc2cc1C(=O)Nc1cc(Cl)ccc1Cl. The van der Waals surface area contributed by atoms with Gasteiger partial charge >= 0.3 is 0 Å². The van der Waals surface area contributed by atoms with Crippen LogP contribution in [0.4, 0.5) is 5.69 Å². The largest absolute Gasteiger partial charge is 0.496 e. The second-order valence-electron chi connectivity index (χ2n) is 4.98. The minimum absolute atomic E-state index is 0.309. The van der Waals surface area contributed by atoms with Crippen LogP contribution in [0.15, 0.2) is 54.6 Å². The third-order valence-electron chi connectivity index (χ3n) is 3.49. The van der Waals surface area contributed by atoms with Gasteiger partial charge in [-0.1, -0.05) is 47.5 Å². The number of hydrogen-bond donors (Lipinski definition) is 1. The van der Waals surface area contributed by atoms with Gasteiger partial charge in [0, 0.05) is 5.02 Å². The molecule has 0 aliphatic heterocycles. The summed E-state index contributed by atoms with van der Waals surface area (Å²) < 4.78 is 5.35. The number of carbonyl (C=O) groups excluding carboxylic acids is 1. The Bertz CT molecular complexity index is 893. The molecule has 23 heavy (non-hydrogen) atoms. The number of nitrogens with one attached hydrogen (secondary N) is 1. The van der Waals surface area contributed by atoms with Crippen LogP contribution in [0.2, 0.25) is 10.0 Å². The Labute approximate surface area is 143 Å². The van der Waals surface area contributed by atoms with Gasteiger partial charge in [-0.3, -0.25) is 4.79 Å². The van der Waals surface area contributed by atoms with Crippen LogP contribution in [0.5, 0.6) is 5.75 Å². The summed E-state index contributed by atoms with van der Waals surface area (Å²) in [6.45, 7) is 0. The van der Waals surface area contributed by atoms with Gasteiger partial charge < -0.3 is 10.1 Å². The molecule has 0 unspecified atom stereocenters. The summed E-state index contributed by atoms with van der Waals surface area (Å²) in [5, 5.41) is 5.64. The zero-order valence-electron chi connectivity index (χ0n) is 12.3. The lowest BCUT2D eigenvalue weighted by atomic mass is 10.1. The molecule has 0 aromatic heterocycles. The first-order valence-corrected chi connectivity index (χ1v) is 7.67. The van der Waals surface area contributed by atoms with E-state index in [-0.39, 0.29) is 5.91 Å². The van der Waals surface area contributed by atoms with E-state index in [4.69, 9.17) is 27.9 Å². The summed E-state index contributed by atoms with van der Waals surface area (Å²) in [5.41, 5.74) is 0.890. The average molecular weight is 346 g/mol. The maximum atomic E-state index is 12.6. The molecule has 0 bridgehead atoms. The zero-order valence-corrected chi connectivity index (χ0v) is 13.8. The Kier molecular flexibility index (Phi) is 4.42. The molecule has 0 radical (unpaired) electrons. The fraction of sp³-hybridized carbons (Fsp3) is 0.0556. The van der Waals surface area contributed by atoms with E-state index in [0.29, 0.717) is 27.0 Å². The van der Waals surface area contributed by atoms with Crippen molar-refractivity contribution in [1.29, 1.82) is 0 Å². The van der Waals surface area contributed by atoms with E-state index in [2.05, 4.69) is 5.32 Å². The van der Waals surface area contributed by atoms with Crippen molar-refractivity contribution in [1.82, 2.24) is 0 Å². The minimum Gasteiger partial charge on any atom is -0.496 e. The minimum atomic E-state index is -0.309. The first kappa shape index (κ1) is 15.7. The van der Waals surface area contributed by atoms with Crippen molar-refractivity contribution in [3.05, 3.63) is 70.2 Å². The van der Waals surface area contributed by atoms with Gasteiger partial charge in [-0.2, -0.15) is 0 Å². The van der Waals surface area contributed by atoms with E-state index in [1.165, 1.54) is 7.11 Å². The molecular formula is C18H13Cl2NO2. The Morgan fingerprint density at radius 3 is 2.39 bits per heavy atom. The molecule has 0 saturated heterocycles. The fourth-order valence-electron chi connectivity index (χ4n) is 2.35. The number of benzene rings is 3. The average Bonchev–Trinajstić information content (AvgIpc) is 2.56. The van der Waals surface area contributed by atoms with Crippen molar-refractivity contribution in [3.63, 3.8) is 0 Å². The quantitative estimate of drug-likeness (QED) is 0.689. The maximum Gasteiger partial charge on any atom is 0.259 e. The maximum absolute atomic E-state index is 12.6. The van der Waals surface area contributed by atoms with Crippen LogP contribution in [-0.4, -0.2) is 13.0 Å². The van der Waals surface area contributed by atoms with Crippen molar-refractivity contribution in [3.8, 4) is 5.75 Å². The summed E-state index contributed by atoms with van der Waals surface area (Å²) in [5.74, 6) is 0.191. The third kappa shape index (κ3) is 3.26. The van der Waals surface area contributed by atoms with Crippen molar-refractivity contribution in [2.45, 2.75) is 0 Å². The summed E-state index contributed by atoms with van der Waals surface area (Å²) >= 11 is 12.0. The Morgan fingerprint density at radius 1 is 1.00 bits per heavy atom. The van der Waals surface area contributed by atoms with E-state index in [0.717, 1.165) is 10.8 Å². The van der Waals surface area contributed by atoms with Gasteiger partial charge in [-0.15, -0.1) is 0 Å². The molecule has 3 aromatic rings. The van der Waals surface area contributed by atoms with Crippen LogP contribution >= 0.6 is 23.2 Å². The number of amides is 1. The first-order valence-electron chi connectivity index (χ1n) is 6.91. The lowest BCUT2D eigenvalue weighted by Crippen LogP contribution is -2.13. The number of anilines is 1. The van der Waals surface area contributed by atoms with E-state index >= 15 is 0 Å². The van der Waals surface area contributed by atoms with Gasteiger partial charge in [0.2, 0.25) is 0 Å². The smallest absolute Gasteiger partial charge is 0.259 e. The molecule has 1 amide bonds. The second-order valence-corrected chi connectivity index (χ2v) is 5.82. The highest BCUT2D eigenvalue weighted by atomic mass is 35.5. The fourth-order valence-corrected chi connectivity index (χ4v) is 2.69. The van der Waals surface area contributed by atoms with E-state index < -0.39 is 0 Å². The lowest BCUT2D eigenvalue weighted by Gasteiger charge is -2.12. The van der Waals surface area contributed by atoms with Gasteiger partial charge in [0.25, 0.3) is 5.91 Å². The van der Waals surface area contributed by atoms with Crippen LogP contribution in [0, 0.1) is 0 Å². The number of fused-ring (bicyclic) bond motifs is 1. The van der Waals surface area contributed by atoms with E-state index in [1.54, 1.807) is 24.3 Å². The molecule has 5 heteroatoms. The third-order valence-corrected chi connectivity index (χ3v) is 4.05. The van der Waals surface area contributed by atoms with Crippen molar-refractivity contribution in [2.75, 3.05) is 12.4 Å². The monoisotopic (exact) mass is 345 g/mol. The van der Waals surface area contributed by atoms with E-state index in [1.807, 2.05) is 30.3 Å². The number of halogens is 2. The molecule has 0 aliphatic carbocycles. The molecule has 0 atom stereocenters. The molecule has 0 heterocycles.